The molecule has 1 fully saturated rings. The normalized spacial score (nSPS) is 23.9. The third-order valence-corrected chi connectivity index (χ3v) is 3.23. The van der Waals surface area contributed by atoms with Crippen molar-refractivity contribution in [3.63, 3.8) is 0 Å². The van der Waals surface area contributed by atoms with Crippen LogP contribution >= 0.6 is 0 Å². The third-order valence-electron chi connectivity index (χ3n) is 3.23. The molecule has 1 aromatic rings. The third kappa shape index (κ3) is 2.29. The van der Waals surface area contributed by atoms with Gasteiger partial charge in [0.05, 0.1) is 5.56 Å². The highest BCUT2D eigenvalue weighted by Gasteiger charge is 2.41. The van der Waals surface area contributed by atoms with E-state index >= 15 is 0 Å². The lowest BCUT2D eigenvalue weighted by atomic mass is 9.84. The maximum Gasteiger partial charge on any atom is 0.416 e. The minimum absolute atomic E-state index is 0.0736. The first-order chi connectivity index (χ1) is 7.82. The molecular weight excluding hydrogens is 234 g/mol. The van der Waals surface area contributed by atoms with E-state index in [1.165, 1.54) is 19.1 Å². The van der Waals surface area contributed by atoms with Gasteiger partial charge < -0.3 is 5.32 Å². The molecule has 1 saturated heterocycles. The maximum atomic E-state index is 14.4. The maximum absolute atomic E-state index is 14.4. The Morgan fingerprint density at radius 2 is 1.76 bits per heavy atom. The van der Waals surface area contributed by atoms with Gasteiger partial charge in [-0.15, -0.1) is 0 Å². The van der Waals surface area contributed by atoms with Crippen LogP contribution in [0.1, 0.15) is 24.5 Å². The summed E-state index contributed by atoms with van der Waals surface area (Å²) >= 11 is 0. The van der Waals surface area contributed by atoms with Gasteiger partial charge in [0.1, 0.15) is 5.67 Å². The zero-order chi connectivity index (χ0) is 12.7. The molecular formula is C12H13F4N. The van der Waals surface area contributed by atoms with E-state index in [0.29, 0.717) is 13.0 Å². The predicted molar refractivity (Wildman–Crippen MR) is 56.3 cm³/mol. The summed E-state index contributed by atoms with van der Waals surface area (Å²) in [6.07, 6.45) is -3.79. The van der Waals surface area contributed by atoms with E-state index < -0.39 is 23.5 Å². The van der Waals surface area contributed by atoms with Crippen molar-refractivity contribution >= 4 is 0 Å². The summed E-state index contributed by atoms with van der Waals surface area (Å²) in [6, 6.07) is 4.09. The van der Waals surface area contributed by atoms with Crippen LogP contribution in [-0.4, -0.2) is 12.6 Å². The first kappa shape index (κ1) is 12.4. The van der Waals surface area contributed by atoms with Gasteiger partial charge in [-0.2, -0.15) is 13.2 Å². The van der Waals surface area contributed by atoms with Crippen LogP contribution in [0.5, 0.6) is 0 Å². The Kier molecular flexibility index (Phi) is 2.89. The van der Waals surface area contributed by atoms with E-state index in [4.69, 9.17) is 0 Å². The van der Waals surface area contributed by atoms with Gasteiger partial charge in [-0.1, -0.05) is 12.1 Å². The number of nitrogens with one attached hydrogen (secondary N) is 1. The minimum atomic E-state index is -4.43. The topological polar surface area (TPSA) is 12.0 Å². The Morgan fingerprint density at radius 3 is 2.24 bits per heavy atom. The zero-order valence-electron chi connectivity index (χ0n) is 9.31. The van der Waals surface area contributed by atoms with Crippen LogP contribution in [0.2, 0.25) is 0 Å². The molecule has 2 unspecified atom stereocenters. The smallest absolute Gasteiger partial charge is 0.311 e. The molecule has 1 aliphatic heterocycles. The lowest BCUT2D eigenvalue weighted by molar-refractivity contribution is -0.137. The first-order valence-corrected chi connectivity index (χ1v) is 5.42. The molecule has 5 heteroatoms. The summed E-state index contributed by atoms with van der Waals surface area (Å²) in [6.45, 7) is 2.03. The second-order valence-electron chi connectivity index (χ2n) is 4.45. The molecule has 0 bridgehead atoms. The van der Waals surface area contributed by atoms with Gasteiger partial charge >= 0.3 is 6.18 Å². The monoisotopic (exact) mass is 247 g/mol. The van der Waals surface area contributed by atoms with Crippen molar-refractivity contribution in [2.24, 2.45) is 0 Å². The fourth-order valence-electron chi connectivity index (χ4n) is 1.95. The predicted octanol–water partition coefficient (Wildman–Crippen LogP) is 3.25. The standard InChI is InChI=1S/C12H13F4N/c1-11(13,10-5-6-17-10)8-3-2-4-9(7-8)12(14,15)16/h2-4,7,10,17H,5-6H2,1H3. The van der Waals surface area contributed by atoms with Crippen molar-refractivity contribution in [1.29, 1.82) is 0 Å². The highest BCUT2D eigenvalue weighted by molar-refractivity contribution is 5.31. The molecule has 0 amide bonds. The Labute approximate surface area is 96.8 Å². The lowest BCUT2D eigenvalue weighted by Gasteiger charge is -2.38. The first-order valence-electron chi connectivity index (χ1n) is 5.42. The number of benzene rings is 1. The number of hydrogen-bond donors (Lipinski definition) is 1. The highest BCUT2D eigenvalue weighted by Crippen LogP contribution is 2.37. The van der Waals surface area contributed by atoms with Gasteiger partial charge in [-0.25, -0.2) is 4.39 Å². The second-order valence-corrected chi connectivity index (χ2v) is 4.45. The Hall–Kier alpha value is -1.10. The largest absolute Gasteiger partial charge is 0.416 e. The Bertz CT molecular complexity index is 407. The van der Waals surface area contributed by atoms with Crippen molar-refractivity contribution in [3.8, 4) is 0 Å². The fraction of sp³-hybridized carbons (Fsp3) is 0.500. The van der Waals surface area contributed by atoms with Gasteiger partial charge in [0.15, 0.2) is 0 Å². The number of halogens is 4. The van der Waals surface area contributed by atoms with Gasteiger partial charge in [0.2, 0.25) is 0 Å². The highest BCUT2D eigenvalue weighted by atomic mass is 19.4. The van der Waals surface area contributed by atoms with E-state index in [1.807, 2.05) is 0 Å². The molecule has 1 nitrogen and oxygen atoms in total. The second kappa shape index (κ2) is 3.98. The summed E-state index contributed by atoms with van der Waals surface area (Å²) in [5.41, 5.74) is -2.50. The summed E-state index contributed by atoms with van der Waals surface area (Å²) in [7, 11) is 0. The molecule has 0 spiro atoms. The molecule has 1 aromatic carbocycles. The molecule has 1 heterocycles. The molecule has 0 aromatic heterocycles. The zero-order valence-corrected chi connectivity index (χ0v) is 9.31. The molecule has 94 valence electrons. The van der Waals surface area contributed by atoms with Gasteiger partial charge in [0.25, 0.3) is 0 Å². The summed E-state index contributed by atoms with van der Waals surface area (Å²) in [5.74, 6) is 0. The van der Waals surface area contributed by atoms with Crippen LogP contribution < -0.4 is 5.32 Å². The van der Waals surface area contributed by atoms with E-state index in [9.17, 15) is 17.6 Å². The van der Waals surface area contributed by atoms with Gasteiger partial charge in [-0.05, 0) is 37.6 Å². The molecule has 2 atom stereocenters. The van der Waals surface area contributed by atoms with Crippen LogP contribution in [0.15, 0.2) is 24.3 Å². The van der Waals surface area contributed by atoms with E-state index in [0.717, 1.165) is 12.1 Å². The number of alkyl halides is 4. The van der Waals surface area contributed by atoms with Crippen molar-refractivity contribution in [3.05, 3.63) is 35.4 Å². The van der Waals surface area contributed by atoms with E-state index in [1.54, 1.807) is 0 Å². The van der Waals surface area contributed by atoms with E-state index in [2.05, 4.69) is 5.32 Å². The lowest BCUT2D eigenvalue weighted by Crippen LogP contribution is -2.53. The SMILES string of the molecule is CC(F)(c1cccc(C(F)(F)F)c1)C1CCN1. The average molecular weight is 247 g/mol. The number of rotatable bonds is 2. The summed E-state index contributed by atoms with van der Waals surface area (Å²) in [4.78, 5) is 0. The van der Waals surface area contributed by atoms with Gasteiger partial charge in [-0.3, -0.25) is 0 Å². The van der Waals surface area contributed by atoms with Crippen LogP contribution in [0.4, 0.5) is 17.6 Å². The Balaban J connectivity index is 2.32. The van der Waals surface area contributed by atoms with Crippen LogP contribution in [0, 0.1) is 0 Å². The van der Waals surface area contributed by atoms with Gasteiger partial charge in [0, 0.05) is 6.04 Å². The van der Waals surface area contributed by atoms with Crippen LogP contribution in [0.3, 0.4) is 0 Å². The van der Waals surface area contributed by atoms with Crippen LogP contribution in [0.25, 0.3) is 0 Å². The minimum Gasteiger partial charge on any atom is -0.311 e. The van der Waals surface area contributed by atoms with Crippen LogP contribution in [-0.2, 0) is 11.8 Å². The molecule has 0 saturated carbocycles. The van der Waals surface area contributed by atoms with E-state index in [-0.39, 0.29) is 5.56 Å². The summed E-state index contributed by atoms with van der Waals surface area (Å²) < 4.78 is 52.0. The fourth-order valence-corrected chi connectivity index (χ4v) is 1.95. The molecule has 0 aliphatic carbocycles. The molecule has 1 N–H and O–H groups in total. The molecule has 1 aliphatic rings. The molecule has 2 rings (SSSR count). The Morgan fingerprint density at radius 1 is 1.18 bits per heavy atom. The molecule has 17 heavy (non-hydrogen) atoms. The van der Waals surface area contributed by atoms with Crippen molar-refractivity contribution in [2.75, 3.05) is 6.54 Å². The average Bonchev–Trinajstić information content (AvgIpc) is 2.13. The van der Waals surface area contributed by atoms with Crippen molar-refractivity contribution in [2.45, 2.75) is 31.2 Å². The quantitative estimate of drug-likeness (QED) is 0.791. The summed E-state index contributed by atoms with van der Waals surface area (Å²) in [5, 5.41) is 2.89. The van der Waals surface area contributed by atoms with Crippen molar-refractivity contribution < 1.29 is 17.6 Å². The van der Waals surface area contributed by atoms with Crippen molar-refractivity contribution in [1.82, 2.24) is 5.32 Å². The molecule has 0 radical (unpaired) electrons. The number of hydrogen-bond acceptors (Lipinski definition) is 1.